The highest BCUT2D eigenvalue weighted by Gasteiger charge is 2.42. The number of aliphatic hydroxyl groups excluding tert-OH is 2. The first-order chi connectivity index (χ1) is 8.72. The van der Waals surface area contributed by atoms with Gasteiger partial charge in [0.05, 0.1) is 13.2 Å². The molecule has 0 bridgehead atoms. The van der Waals surface area contributed by atoms with Gasteiger partial charge in [-0.1, -0.05) is 30.3 Å². The molecule has 1 saturated heterocycles. The standard InChI is InChI=1S/C13H18O5/c1-16-13-12(15)11(14)10(18-13)8-17-7-9-5-3-2-4-6-9/h2-6,10-15H,7-8H2,1H3/t10-,11+,12-,13-/m1/s1. The molecule has 1 aromatic rings. The van der Waals surface area contributed by atoms with Gasteiger partial charge in [0.25, 0.3) is 0 Å². The molecular weight excluding hydrogens is 236 g/mol. The van der Waals surface area contributed by atoms with E-state index in [1.54, 1.807) is 0 Å². The zero-order chi connectivity index (χ0) is 13.0. The maximum Gasteiger partial charge on any atom is 0.186 e. The lowest BCUT2D eigenvalue weighted by molar-refractivity contribution is -0.156. The van der Waals surface area contributed by atoms with E-state index < -0.39 is 24.6 Å². The quantitative estimate of drug-likeness (QED) is 0.791. The van der Waals surface area contributed by atoms with E-state index in [1.165, 1.54) is 7.11 Å². The van der Waals surface area contributed by atoms with Crippen molar-refractivity contribution in [1.29, 1.82) is 0 Å². The van der Waals surface area contributed by atoms with Crippen molar-refractivity contribution < 1.29 is 24.4 Å². The Balaban J connectivity index is 1.77. The van der Waals surface area contributed by atoms with E-state index in [1.807, 2.05) is 30.3 Å². The Labute approximate surface area is 106 Å². The molecular formula is C13H18O5. The van der Waals surface area contributed by atoms with E-state index in [9.17, 15) is 10.2 Å². The van der Waals surface area contributed by atoms with E-state index in [2.05, 4.69) is 0 Å². The third-order valence-corrected chi connectivity index (χ3v) is 2.94. The predicted octanol–water partition coefficient (Wildman–Crippen LogP) is 0.296. The highest BCUT2D eigenvalue weighted by Crippen LogP contribution is 2.22. The second-order valence-electron chi connectivity index (χ2n) is 4.26. The molecule has 1 aliphatic rings. The van der Waals surface area contributed by atoms with Crippen LogP contribution in [0, 0.1) is 0 Å². The Morgan fingerprint density at radius 1 is 1.17 bits per heavy atom. The number of methoxy groups -OCH3 is 1. The molecule has 0 spiro atoms. The maximum absolute atomic E-state index is 9.72. The molecule has 5 nitrogen and oxygen atoms in total. The molecule has 0 radical (unpaired) electrons. The summed E-state index contributed by atoms with van der Waals surface area (Å²) in [6, 6.07) is 9.72. The summed E-state index contributed by atoms with van der Waals surface area (Å²) in [6.07, 6.45) is -3.36. The molecule has 1 fully saturated rings. The van der Waals surface area contributed by atoms with Crippen LogP contribution in [-0.4, -0.2) is 48.5 Å². The minimum Gasteiger partial charge on any atom is -0.387 e. The number of ether oxygens (including phenoxy) is 3. The number of benzene rings is 1. The van der Waals surface area contributed by atoms with Crippen LogP contribution in [0.5, 0.6) is 0 Å². The van der Waals surface area contributed by atoms with Gasteiger partial charge in [0.1, 0.15) is 18.3 Å². The zero-order valence-electron chi connectivity index (χ0n) is 10.2. The van der Waals surface area contributed by atoms with Crippen molar-refractivity contribution in [2.45, 2.75) is 31.2 Å². The van der Waals surface area contributed by atoms with Crippen molar-refractivity contribution in [3.63, 3.8) is 0 Å². The lowest BCUT2D eigenvalue weighted by atomic mass is 10.1. The van der Waals surface area contributed by atoms with Crippen LogP contribution in [0.2, 0.25) is 0 Å². The van der Waals surface area contributed by atoms with Crippen LogP contribution in [0.4, 0.5) is 0 Å². The summed E-state index contributed by atoms with van der Waals surface area (Å²) in [5.74, 6) is 0. The average Bonchev–Trinajstić information content (AvgIpc) is 2.68. The van der Waals surface area contributed by atoms with Crippen LogP contribution in [0.3, 0.4) is 0 Å². The summed E-state index contributed by atoms with van der Waals surface area (Å²) in [4.78, 5) is 0. The third kappa shape index (κ3) is 3.07. The summed E-state index contributed by atoms with van der Waals surface area (Å²) < 4.78 is 15.7. The minimum absolute atomic E-state index is 0.215. The molecule has 100 valence electrons. The topological polar surface area (TPSA) is 68.2 Å². The fraction of sp³-hybridized carbons (Fsp3) is 0.538. The van der Waals surface area contributed by atoms with E-state index >= 15 is 0 Å². The molecule has 18 heavy (non-hydrogen) atoms. The molecule has 0 aromatic heterocycles. The van der Waals surface area contributed by atoms with Gasteiger partial charge in [-0.25, -0.2) is 0 Å². The van der Waals surface area contributed by atoms with Gasteiger partial charge in [-0.05, 0) is 5.56 Å². The molecule has 0 amide bonds. The summed E-state index contributed by atoms with van der Waals surface area (Å²) in [5, 5.41) is 19.3. The van der Waals surface area contributed by atoms with Gasteiger partial charge < -0.3 is 24.4 Å². The molecule has 0 saturated carbocycles. The van der Waals surface area contributed by atoms with E-state index in [0.29, 0.717) is 6.61 Å². The Hall–Kier alpha value is -0.980. The number of aliphatic hydroxyl groups is 2. The molecule has 0 aliphatic carbocycles. The second-order valence-corrected chi connectivity index (χ2v) is 4.26. The maximum atomic E-state index is 9.72. The molecule has 0 unspecified atom stereocenters. The zero-order valence-corrected chi connectivity index (χ0v) is 10.2. The van der Waals surface area contributed by atoms with Crippen molar-refractivity contribution in [1.82, 2.24) is 0 Å². The van der Waals surface area contributed by atoms with Crippen molar-refractivity contribution >= 4 is 0 Å². The van der Waals surface area contributed by atoms with E-state index in [4.69, 9.17) is 14.2 Å². The largest absolute Gasteiger partial charge is 0.387 e. The molecule has 1 aromatic carbocycles. The Bertz CT molecular complexity index is 356. The Morgan fingerprint density at radius 2 is 1.89 bits per heavy atom. The molecule has 1 heterocycles. The van der Waals surface area contributed by atoms with Crippen molar-refractivity contribution in [3.05, 3.63) is 35.9 Å². The summed E-state index contributed by atoms with van der Waals surface area (Å²) in [5.41, 5.74) is 1.05. The van der Waals surface area contributed by atoms with Crippen LogP contribution < -0.4 is 0 Å². The van der Waals surface area contributed by atoms with E-state index in [0.717, 1.165) is 5.56 Å². The SMILES string of the molecule is CO[C@@H]1O[C@H](COCc2ccccc2)[C@H](O)[C@H]1O. The smallest absolute Gasteiger partial charge is 0.186 e. The van der Waals surface area contributed by atoms with Gasteiger partial charge in [0.2, 0.25) is 0 Å². The second kappa shape index (κ2) is 6.26. The monoisotopic (exact) mass is 254 g/mol. The first-order valence-corrected chi connectivity index (χ1v) is 5.88. The minimum atomic E-state index is -1.03. The number of hydrogen-bond donors (Lipinski definition) is 2. The first-order valence-electron chi connectivity index (χ1n) is 5.88. The van der Waals surface area contributed by atoms with Crippen LogP contribution in [0.25, 0.3) is 0 Å². The van der Waals surface area contributed by atoms with Gasteiger partial charge in [-0.3, -0.25) is 0 Å². The van der Waals surface area contributed by atoms with E-state index in [-0.39, 0.29) is 6.61 Å². The van der Waals surface area contributed by atoms with Crippen LogP contribution in [0.15, 0.2) is 30.3 Å². The summed E-state index contributed by atoms with van der Waals surface area (Å²) >= 11 is 0. The highest BCUT2D eigenvalue weighted by molar-refractivity contribution is 5.13. The Kier molecular flexibility index (Phi) is 4.68. The fourth-order valence-electron chi connectivity index (χ4n) is 1.91. The van der Waals surface area contributed by atoms with Gasteiger partial charge in [0.15, 0.2) is 6.29 Å². The fourth-order valence-corrected chi connectivity index (χ4v) is 1.91. The Morgan fingerprint density at radius 3 is 2.50 bits per heavy atom. The van der Waals surface area contributed by atoms with Gasteiger partial charge >= 0.3 is 0 Å². The molecule has 1 aliphatic heterocycles. The summed E-state index contributed by atoms with van der Waals surface area (Å²) in [7, 11) is 1.42. The number of rotatable bonds is 5. The normalized spacial score (nSPS) is 31.7. The van der Waals surface area contributed by atoms with Crippen molar-refractivity contribution in [3.8, 4) is 0 Å². The van der Waals surface area contributed by atoms with Gasteiger partial charge in [0, 0.05) is 7.11 Å². The van der Waals surface area contributed by atoms with Gasteiger partial charge in [-0.2, -0.15) is 0 Å². The van der Waals surface area contributed by atoms with Crippen molar-refractivity contribution in [2.24, 2.45) is 0 Å². The number of hydrogen-bond acceptors (Lipinski definition) is 5. The lowest BCUT2D eigenvalue weighted by Gasteiger charge is -2.14. The highest BCUT2D eigenvalue weighted by atomic mass is 16.7. The third-order valence-electron chi connectivity index (χ3n) is 2.94. The van der Waals surface area contributed by atoms with Crippen molar-refractivity contribution in [2.75, 3.05) is 13.7 Å². The van der Waals surface area contributed by atoms with Gasteiger partial charge in [-0.15, -0.1) is 0 Å². The van der Waals surface area contributed by atoms with Crippen LogP contribution in [-0.2, 0) is 20.8 Å². The molecule has 4 atom stereocenters. The predicted molar refractivity (Wildman–Crippen MR) is 63.8 cm³/mol. The first kappa shape index (κ1) is 13.5. The summed E-state index contributed by atoms with van der Waals surface area (Å²) in [6.45, 7) is 0.661. The molecule has 2 N–H and O–H groups in total. The average molecular weight is 254 g/mol. The van der Waals surface area contributed by atoms with Crippen LogP contribution >= 0.6 is 0 Å². The molecule has 2 rings (SSSR count). The molecule has 5 heteroatoms. The lowest BCUT2D eigenvalue weighted by Crippen LogP contribution is -2.34. The van der Waals surface area contributed by atoms with Crippen LogP contribution in [0.1, 0.15) is 5.56 Å².